The molecule has 1 aromatic heterocycles. The zero-order valence-electron chi connectivity index (χ0n) is 17.5. The summed E-state index contributed by atoms with van der Waals surface area (Å²) in [5.41, 5.74) is 1.24. The van der Waals surface area contributed by atoms with Crippen molar-refractivity contribution in [3.8, 4) is 5.75 Å². The van der Waals surface area contributed by atoms with Gasteiger partial charge in [-0.2, -0.15) is 0 Å². The van der Waals surface area contributed by atoms with Crippen molar-refractivity contribution >= 4 is 17.5 Å². The van der Waals surface area contributed by atoms with Crippen LogP contribution in [-0.4, -0.2) is 45.3 Å². The minimum atomic E-state index is -0.254. The van der Waals surface area contributed by atoms with Crippen LogP contribution in [0.5, 0.6) is 5.75 Å². The molecule has 0 saturated carbocycles. The monoisotopic (exact) mass is 439 g/mol. The predicted octanol–water partition coefficient (Wildman–Crippen LogP) is 3.25. The number of rotatable bonds is 7. The van der Waals surface area contributed by atoms with Crippen LogP contribution in [0, 0.1) is 0 Å². The minimum absolute atomic E-state index is 0.0375. The van der Waals surface area contributed by atoms with Crippen molar-refractivity contribution in [1.29, 1.82) is 0 Å². The van der Waals surface area contributed by atoms with Gasteiger partial charge in [-0.1, -0.05) is 41.9 Å². The molecular weight excluding hydrogens is 414 g/mol. The molecule has 2 aromatic carbocycles. The van der Waals surface area contributed by atoms with E-state index in [0.29, 0.717) is 5.75 Å². The molecule has 0 bridgehead atoms. The highest BCUT2D eigenvalue weighted by atomic mass is 35.5. The molecule has 162 valence electrons. The number of hydrogen-bond acceptors (Lipinski definition) is 5. The molecule has 1 aliphatic rings. The largest absolute Gasteiger partial charge is 0.484 e. The maximum absolute atomic E-state index is 12.3. The number of carbonyl (C=O) groups is 1. The van der Waals surface area contributed by atoms with E-state index >= 15 is 0 Å². The number of nitrogens with one attached hydrogen (secondary N) is 1. The van der Waals surface area contributed by atoms with Gasteiger partial charge in [0.2, 0.25) is 0 Å². The number of amides is 1. The number of hydrogen-bond donors (Lipinski definition) is 1. The Labute approximate surface area is 187 Å². The smallest absolute Gasteiger partial charge is 0.258 e. The molecule has 3 aromatic rings. The van der Waals surface area contributed by atoms with E-state index < -0.39 is 0 Å². The third-order valence-electron chi connectivity index (χ3n) is 5.34. The number of para-hydroxylation sites is 1. The molecule has 31 heavy (non-hydrogen) atoms. The molecule has 2 heterocycles. The van der Waals surface area contributed by atoms with Gasteiger partial charge in [-0.05, 0) is 36.8 Å². The van der Waals surface area contributed by atoms with E-state index in [2.05, 4.69) is 37.1 Å². The zero-order chi connectivity index (χ0) is 21.6. The number of benzene rings is 2. The Hall–Kier alpha value is -2.90. The second-order valence-electron chi connectivity index (χ2n) is 7.67. The van der Waals surface area contributed by atoms with Gasteiger partial charge in [0.15, 0.2) is 12.4 Å². The Balaban J connectivity index is 1.33. The van der Waals surface area contributed by atoms with E-state index in [4.69, 9.17) is 16.3 Å². The van der Waals surface area contributed by atoms with Gasteiger partial charge in [-0.15, -0.1) is 10.2 Å². The molecule has 0 fully saturated rings. The summed E-state index contributed by atoms with van der Waals surface area (Å²) in [5, 5.41) is 12.4. The van der Waals surface area contributed by atoms with Crippen LogP contribution in [0.2, 0.25) is 5.02 Å². The summed E-state index contributed by atoms with van der Waals surface area (Å²) >= 11 is 5.99. The first-order valence-electron chi connectivity index (χ1n) is 10.4. The Bertz CT molecular complexity index is 1010. The fourth-order valence-corrected chi connectivity index (χ4v) is 3.85. The summed E-state index contributed by atoms with van der Waals surface area (Å²) in [4.78, 5) is 14.7. The Kier molecular flexibility index (Phi) is 6.84. The van der Waals surface area contributed by atoms with Crippen molar-refractivity contribution in [1.82, 2.24) is 25.0 Å². The summed E-state index contributed by atoms with van der Waals surface area (Å²) in [6, 6.07) is 17.0. The minimum Gasteiger partial charge on any atom is -0.484 e. The standard InChI is InChI=1S/C23H26ClN5O2/c1-17(25-22(30)16-31-20-5-3-2-4-6-20)23-27-26-21-11-12-28(13-14-29(21)23)15-18-7-9-19(24)10-8-18/h2-10,17H,11-16H2,1H3,(H,25,30)/t17-/m0/s1. The van der Waals surface area contributed by atoms with Gasteiger partial charge in [0, 0.05) is 37.6 Å². The van der Waals surface area contributed by atoms with Crippen LogP contribution < -0.4 is 10.1 Å². The first kappa shape index (κ1) is 21.3. The molecule has 0 unspecified atom stereocenters. The molecule has 4 rings (SSSR count). The molecule has 1 amide bonds. The average molecular weight is 440 g/mol. The normalized spacial score (nSPS) is 15.0. The maximum atomic E-state index is 12.3. The summed E-state index contributed by atoms with van der Waals surface area (Å²) in [5.74, 6) is 2.21. The van der Waals surface area contributed by atoms with Crippen molar-refractivity contribution in [3.63, 3.8) is 0 Å². The van der Waals surface area contributed by atoms with Gasteiger partial charge < -0.3 is 14.6 Å². The van der Waals surface area contributed by atoms with Gasteiger partial charge in [0.1, 0.15) is 11.6 Å². The van der Waals surface area contributed by atoms with Gasteiger partial charge in [-0.3, -0.25) is 9.69 Å². The van der Waals surface area contributed by atoms with Crippen LogP contribution in [0.3, 0.4) is 0 Å². The SMILES string of the molecule is C[C@H](NC(=O)COc1ccccc1)c1nnc2n1CCN(Cc1ccc(Cl)cc1)CC2. The van der Waals surface area contributed by atoms with Crippen molar-refractivity contribution < 1.29 is 9.53 Å². The van der Waals surface area contributed by atoms with E-state index in [-0.39, 0.29) is 18.6 Å². The lowest BCUT2D eigenvalue weighted by Gasteiger charge is -2.20. The van der Waals surface area contributed by atoms with Crippen molar-refractivity contribution in [3.05, 3.63) is 76.8 Å². The lowest BCUT2D eigenvalue weighted by atomic mass is 10.2. The lowest BCUT2D eigenvalue weighted by molar-refractivity contribution is -0.123. The maximum Gasteiger partial charge on any atom is 0.258 e. The molecule has 1 aliphatic heterocycles. The molecular formula is C23H26ClN5O2. The third kappa shape index (κ3) is 5.62. The van der Waals surface area contributed by atoms with E-state index in [9.17, 15) is 4.79 Å². The first-order chi connectivity index (χ1) is 15.1. The van der Waals surface area contributed by atoms with Crippen molar-refractivity contribution in [2.24, 2.45) is 0 Å². The second kappa shape index (κ2) is 9.94. The highest BCUT2D eigenvalue weighted by Gasteiger charge is 2.23. The van der Waals surface area contributed by atoms with E-state index in [1.165, 1.54) is 5.56 Å². The Morgan fingerprint density at radius 2 is 1.87 bits per heavy atom. The number of nitrogens with zero attached hydrogens (tertiary/aromatic N) is 4. The average Bonchev–Trinajstić information content (AvgIpc) is 3.09. The molecule has 1 N–H and O–H groups in total. The summed E-state index contributed by atoms with van der Waals surface area (Å²) in [6.07, 6.45) is 0.818. The molecule has 0 radical (unpaired) electrons. The van der Waals surface area contributed by atoms with Crippen LogP contribution in [0.1, 0.15) is 30.2 Å². The zero-order valence-corrected chi connectivity index (χ0v) is 18.3. The summed E-state index contributed by atoms with van der Waals surface area (Å²) in [6.45, 7) is 5.34. The van der Waals surface area contributed by atoms with Crippen LogP contribution in [0.25, 0.3) is 0 Å². The third-order valence-corrected chi connectivity index (χ3v) is 5.60. The summed E-state index contributed by atoms with van der Waals surface area (Å²) in [7, 11) is 0. The van der Waals surface area contributed by atoms with E-state index in [1.54, 1.807) is 0 Å². The van der Waals surface area contributed by atoms with Gasteiger partial charge in [-0.25, -0.2) is 0 Å². The first-order valence-corrected chi connectivity index (χ1v) is 10.8. The Morgan fingerprint density at radius 3 is 2.65 bits per heavy atom. The molecule has 1 atom stereocenters. The fraction of sp³-hybridized carbons (Fsp3) is 0.348. The van der Waals surface area contributed by atoms with Crippen molar-refractivity contribution in [2.45, 2.75) is 32.5 Å². The quantitative estimate of drug-likeness (QED) is 0.611. The molecule has 0 spiro atoms. The van der Waals surface area contributed by atoms with Gasteiger partial charge in [0.05, 0.1) is 6.04 Å². The Morgan fingerprint density at radius 1 is 1.10 bits per heavy atom. The second-order valence-corrected chi connectivity index (χ2v) is 8.11. The molecule has 0 aliphatic carbocycles. The van der Waals surface area contributed by atoms with Crippen LogP contribution in [-0.2, 0) is 24.3 Å². The molecule has 7 nitrogen and oxygen atoms in total. The summed E-state index contributed by atoms with van der Waals surface area (Å²) < 4.78 is 7.66. The number of ether oxygens (including phenoxy) is 1. The molecule has 8 heteroatoms. The fourth-order valence-electron chi connectivity index (χ4n) is 3.73. The lowest BCUT2D eigenvalue weighted by Crippen LogP contribution is -2.33. The van der Waals surface area contributed by atoms with Crippen LogP contribution in [0.4, 0.5) is 0 Å². The van der Waals surface area contributed by atoms with Gasteiger partial charge >= 0.3 is 0 Å². The van der Waals surface area contributed by atoms with Crippen molar-refractivity contribution in [2.75, 3.05) is 19.7 Å². The molecule has 0 saturated heterocycles. The number of halogens is 1. The highest BCUT2D eigenvalue weighted by molar-refractivity contribution is 6.30. The predicted molar refractivity (Wildman–Crippen MR) is 119 cm³/mol. The van der Waals surface area contributed by atoms with Crippen LogP contribution >= 0.6 is 11.6 Å². The number of fused-ring (bicyclic) bond motifs is 1. The van der Waals surface area contributed by atoms with Gasteiger partial charge in [0.25, 0.3) is 5.91 Å². The van der Waals surface area contributed by atoms with E-state index in [0.717, 1.165) is 49.3 Å². The topological polar surface area (TPSA) is 72.3 Å². The van der Waals surface area contributed by atoms with Crippen LogP contribution in [0.15, 0.2) is 54.6 Å². The number of carbonyl (C=O) groups excluding carboxylic acids is 1. The number of aromatic nitrogens is 3. The highest BCUT2D eigenvalue weighted by Crippen LogP contribution is 2.18. The van der Waals surface area contributed by atoms with E-state index in [1.807, 2.05) is 49.4 Å².